The van der Waals surface area contributed by atoms with Gasteiger partial charge in [0.25, 0.3) is 5.56 Å². The minimum atomic E-state index is -0.164. The zero-order valence-corrected chi connectivity index (χ0v) is 19.1. The maximum atomic E-state index is 12.9. The predicted molar refractivity (Wildman–Crippen MR) is 130 cm³/mol. The third-order valence-electron chi connectivity index (χ3n) is 5.75. The SMILES string of the molecule is NC(=CC=NC1CCCCO1)Cn1ncc2cc(Sc3ccc4c(c3)CCO4)ccc2c1=O. The molecule has 0 aliphatic carbocycles. The normalized spacial score (nSPS) is 18.5. The summed E-state index contributed by atoms with van der Waals surface area (Å²) in [4.78, 5) is 19.5. The molecule has 3 heterocycles. The molecule has 0 bridgehead atoms. The molecule has 1 fully saturated rings. The highest BCUT2D eigenvalue weighted by molar-refractivity contribution is 7.99. The molecule has 2 N–H and O–H groups in total. The largest absolute Gasteiger partial charge is 0.493 e. The summed E-state index contributed by atoms with van der Waals surface area (Å²) in [6.07, 6.45) is 9.07. The molecule has 1 aromatic heterocycles. The Morgan fingerprint density at radius 3 is 2.97 bits per heavy atom. The molecule has 7 nitrogen and oxygen atoms in total. The van der Waals surface area contributed by atoms with E-state index in [1.165, 1.54) is 10.2 Å². The number of nitrogens with two attached hydrogens (primary N) is 1. The lowest BCUT2D eigenvalue weighted by molar-refractivity contribution is 0.0227. The Morgan fingerprint density at radius 1 is 1.21 bits per heavy atom. The molecule has 1 unspecified atom stereocenters. The van der Waals surface area contributed by atoms with Crippen LogP contribution in [-0.4, -0.2) is 35.4 Å². The Balaban J connectivity index is 1.29. The number of aromatic nitrogens is 2. The summed E-state index contributed by atoms with van der Waals surface area (Å²) in [6.45, 7) is 1.71. The molecule has 0 saturated carbocycles. The lowest BCUT2D eigenvalue weighted by Gasteiger charge is -2.18. The number of rotatable bonds is 6. The number of aliphatic imine (C=N–C) groups is 1. The third-order valence-corrected chi connectivity index (χ3v) is 6.73. The van der Waals surface area contributed by atoms with Gasteiger partial charge in [-0.3, -0.25) is 9.79 Å². The van der Waals surface area contributed by atoms with Crippen molar-refractivity contribution in [2.45, 2.75) is 48.2 Å². The Bertz CT molecular complexity index is 1280. The van der Waals surface area contributed by atoms with Crippen molar-refractivity contribution in [1.82, 2.24) is 9.78 Å². The smallest absolute Gasteiger partial charge is 0.274 e. The molecule has 2 aliphatic rings. The van der Waals surface area contributed by atoms with Gasteiger partial charge in [0.15, 0.2) is 0 Å². The van der Waals surface area contributed by atoms with Crippen LogP contribution in [0, 0.1) is 0 Å². The summed E-state index contributed by atoms with van der Waals surface area (Å²) in [6, 6.07) is 12.1. The lowest BCUT2D eigenvalue weighted by atomic mass is 10.2. The average molecular weight is 463 g/mol. The van der Waals surface area contributed by atoms with Crippen LogP contribution in [0.4, 0.5) is 0 Å². The first-order chi connectivity index (χ1) is 16.2. The topological polar surface area (TPSA) is 91.7 Å². The maximum absolute atomic E-state index is 12.9. The molecule has 8 heteroatoms. The first-order valence-corrected chi connectivity index (χ1v) is 12.0. The minimum Gasteiger partial charge on any atom is -0.493 e. The van der Waals surface area contributed by atoms with Crippen molar-refractivity contribution >= 4 is 28.7 Å². The monoisotopic (exact) mass is 462 g/mol. The lowest BCUT2D eigenvalue weighted by Crippen LogP contribution is -2.25. The van der Waals surface area contributed by atoms with E-state index in [-0.39, 0.29) is 18.3 Å². The van der Waals surface area contributed by atoms with Gasteiger partial charge in [-0.15, -0.1) is 0 Å². The van der Waals surface area contributed by atoms with E-state index in [9.17, 15) is 4.79 Å². The fourth-order valence-corrected chi connectivity index (χ4v) is 4.94. The van der Waals surface area contributed by atoms with Gasteiger partial charge >= 0.3 is 0 Å². The Morgan fingerprint density at radius 2 is 2.09 bits per heavy atom. The number of hydrogen-bond donors (Lipinski definition) is 1. The quantitative estimate of drug-likeness (QED) is 0.558. The third kappa shape index (κ3) is 5.12. The van der Waals surface area contributed by atoms with Crippen molar-refractivity contribution in [2.24, 2.45) is 10.7 Å². The van der Waals surface area contributed by atoms with Crippen molar-refractivity contribution in [3.63, 3.8) is 0 Å². The van der Waals surface area contributed by atoms with Crippen LogP contribution in [-0.2, 0) is 17.7 Å². The van der Waals surface area contributed by atoms with Gasteiger partial charge in [-0.05, 0) is 67.3 Å². The Hall–Kier alpha value is -3.10. The molecule has 170 valence electrons. The van der Waals surface area contributed by atoms with Crippen molar-refractivity contribution in [3.05, 3.63) is 70.3 Å². The molecular formula is C25H26N4O3S. The van der Waals surface area contributed by atoms with E-state index >= 15 is 0 Å². The minimum absolute atomic E-state index is 0.0958. The summed E-state index contributed by atoms with van der Waals surface area (Å²) >= 11 is 1.66. The summed E-state index contributed by atoms with van der Waals surface area (Å²) in [5.41, 5.74) is 7.69. The number of fused-ring (bicyclic) bond motifs is 2. The predicted octanol–water partition coefficient (Wildman–Crippen LogP) is 3.92. The van der Waals surface area contributed by atoms with Crippen LogP contribution < -0.4 is 16.0 Å². The second-order valence-corrected chi connectivity index (χ2v) is 9.33. The molecule has 0 spiro atoms. The summed E-state index contributed by atoms with van der Waals surface area (Å²) in [7, 11) is 0. The van der Waals surface area contributed by atoms with Crippen molar-refractivity contribution in [3.8, 4) is 5.75 Å². The second kappa shape index (κ2) is 9.80. The number of nitrogens with zero attached hydrogens (tertiary/aromatic N) is 3. The standard InChI is InChI=1S/C25H26N4O3S/c26-19(8-10-27-24-3-1-2-11-32-24)16-29-25(30)22-6-4-20(14-18(22)15-28-29)33-21-5-7-23-17(13-21)9-12-31-23/h4-8,10,13-15,24H,1-3,9,11-12,16,26H2. The molecule has 2 aromatic carbocycles. The van der Waals surface area contributed by atoms with E-state index in [2.05, 4.69) is 22.2 Å². The highest BCUT2D eigenvalue weighted by Crippen LogP contribution is 2.34. The van der Waals surface area contributed by atoms with Crippen LogP contribution in [0.2, 0.25) is 0 Å². The van der Waals surface area contributed by atoms with Gasteiger partial charge in [0.2, 0.25) is 0 Å². The van der Waals surface area contributed by atoms with E-state index in [1.54, 1.807) is 30.2 Å². The van der Waals surface area contributed by atoms with Crippen LogP contribution in [0.3, 0.4) is 0 Å². The van der Waals surface area contributed by atoms with Crippen molar-refractivity contribution in [1.29, 1.82) is 0 Å². The summed E-state index contributed by atoms with van der Waals surface area (Å²) in [5.74, 6) is 0.976. The fraction of sp³-hybridized carbons (Fsp3) is 0.320. The zero-order valence-electron chi connectivity index (χ0n) is 18.3. The molecule has 0 radical (unpaired) electrons. The van der Waals surface area contributed by atoms with Crippen LogP contribution in [0.15, 0.2) is 73.9 Å². The van der Waals surface area contributed by atoms with Crippen molar-refractivity contribution < 1.29 is 9.47 Å². The Kier molecular flexibility index (Phi) is 6.46. The van der Waals surface area contributed by atoms with Crippen LogP contribution in [0.5, 0.6) is 5.75 Å². The zero-order chi connectivity index (χ0) is 22.6. The number of benzene rings is 2. The fourth-order valence-electron chi connectivity index (χ4n) is 4.01. The molecular weight excluding hydrogens is 436 g/mol. The highest BCUT2D eigenvalue weighted by atomic mass is 32.2. The molecule has 1 saturated heterocycles. The Labute approximate surface area is 196 Å². The van der Waals surface area contributed by atoms with Gasteiger partial charge in [0.05, 0.1) is 24.7 Å². The van der Waals surface area contributed by atoms with Crippen LogP contribution in [0.25, 0.3) is 10.8 Å². The van der Waals surface area contributed by atoms with Gasteiger partial charge in [-0.25, -0.2) is 4.68 Å². The average Bonchev–Trinajstić information content (AvgIpc) is 3.30. The van der Waals surface area contributed by atoms with Crippen LogP contribution in [0.1, 0.15) is 24.8 Å². The second-order valence-electron chi connectivity index (χ2n) is 8.19. The number of hydrogen-bond acceptors (Lipinski definition) is 7. The van der Waals surface area contributed by atoms with Crippen molar-refractivity contribution in [2.75, 3.05) is 13.2 Å². The van der Waals surface area contributed by atoms with Gasteiger partial charge in [-0.2, -0.15) is 5.10 Å². The molecule has 0 amide bonds. The first-order valence-electron chi connectivity index (χ1n) is 11.2. The van der Waals surface area contributed by atoms with E-state index in [0.29, 0.717) is 11.1 Å². The van der Waals surface area contributed by atoms with E-state index in [0.717, 1.165) is 59.8 Å². The van der Waals surface area contributed by atoms with Gasteiger partial charge in [0, 0.05) is 40.1 Å². The van der Waals surface area contributed by atoms with Crippen LogP contribution >= 0.6 is 11.8 Å². The summed E-state index contributed by atoms with van der Waals surface area (Å²) < 4.78 is 12.5. The highest BCUT2D eigenvalue weighted by Gasteiger charge is 2.13. The first kappa shape index (κ1) is 21.7. The molecule has 1 atom stereocenters. The summed E-state index contributed by atoms with van der Waals surface area (Å²) in [5, 5.41) is 5.76. The van der Waals surface area contributed by atoms with Gasteiger partial charge in [-0.1, -0.05) is 11.8 Å². The van der Waals surface area contributed by atoms with E-state index < -0.39 is 0 Å². The van der Waals surface area contributed by atoms with Gasteiger partial charge in [0.1, 0.15) is 12.0 Å². The molecule has 5 rings (SSSR count). The molecule has 33 heavy (non-hydrogen) atoms. The van der Waals surface area contributed by atoms with E-state index in [1.807, 2.05) is 24.3 Å². The van der Waals surface area contributed by atoms with Gasteiger partial charge < -0.3 is 15.2 Å². The maximum Gasteiger partial charge on any atom is 0.274 e. The van der Waals surface area contributed by atoms with E-state index in [4.69, 9.17) is 15.2 Å². The number of ether oxygens (including phenoxy) is 2. The molecule has 3 aromatic rings. The number of allylic oxidation sites excluding steroid dienone is 2. The molecule has 2 aliphatic heterocycles.